The molecule has 2 aromatic carbocycles. The highest BCUT2D eigenvalue weighted by Crippen LogP contribution is 2.21. The summed E-state index contributed by atoms with van der Waals surface area (Å²) in [6, 6.07) is 19.6. The summed E-state index contributed by atoms with van der Waals surface area (Å²) in [5, 5.41) is 7.04. The van der Waals surface area contributed by atoms with E-state index >= 15 is 0 Å². The van der Waals surface area contributed by atoms with Crippen molar-refractivity contribution in [2.45, 2.75) is 19.3 Å². The van der Waals surface area contributed by atoms with Crippen LogP contribution < -0.4 is 10.2 Å². The van der Waals surface area contributed by atoms with Crippen LogP contribution in [-0.2, 0) is 6.42 Å². The average molecular weight is 361 g/mol. The van der Waals surface area contributed by atoms with Crippen LogP contribution in [0.2, 0.25) is 0 Å². The van der Waals surface area contributed by atoms with Gasteiger partial charge in [-0.25, -0.2) is 0 Å². The molecule has 138 valence electrons. The van der Waals surface area contributed by atoms with Crippen molar-refractivity contribution in [3.63, 3.8) is 0 Å². The topological polar surface area (TPSA) is 58.4 Å². The van der Waals surface area contributed by atoms with Crippen molar-refractivity contribution in [1.82, 2.24) is 10.5 Å². The number of aromatic nitrogens is 1. The summed E-state index contributed by atoms with van der Waals surface area (Å²) in [6.45, 7) is 2.73. The van der Waals surface area contributed by atoms with Crippen LogP contribution in [0.5, 0.6) is 0 Å². The average Bonchev–Trinajstić information content (AvgIpc) is 3.41. The van der Waals surface area contributed by atoms with Crippen LogP contribution in [0.25, 0.3) is 11.3 Å². The minimum Gasteiger partial charge on any atom is -0.372 e. The van der Waals surface area contributed by atoms with Gasteiger partial charge in [-0.15, -0.1) is 0 Å². The van der Waals surface area contributed by atoms with E-state index in [1.165, 1.54) is 18.5 Å². The Morgan fingerprint density at radius 2 is 1.78 bits per heavy atom. The van der Waals surface area contributed by atoms with Crippen LogP contribution in [0.3, 0.4) is 0 Å². The Labute approximate surface area is 159 Å². The molecule has 0 bridgehead atoms. The Hall–Kier alpha value is -3.08. The molecule has 1 N–H and O–H groups in total. The number of carbonyl (C=O) groups excluding carboxylic acids is 1. The number of benzene rings is 2. The van der Waals surface area contributed by atoms with Gasteiger partial charge in [-0.1, -0.05) is 35.5 Å². The molecule has 1 aliphatic heterocycles. The summed E-state index contributed by atoms with van der Waals surface area (Å²) in [7, 11) is 0. The number of nitrogens with zero attached hydrogens (tertiary/aromatic N) is 2. The maximum atomic E-state index is 12.3. The minimum atomic E-state index is -0.0604. The Morgan fingerprint density at radius 1 is 1.04 bits per heavy atom. The van der Waals surface area contributed by atoms with Crippen molar-refractivity contribution in [2.75, 3.05) is 24.5 Å². The number of hydrogen-bond acceptors (Lipinski definition) is 4. The molecule has 0 saturated carbocycles. The molecule has 0 spiro atoms. The van der Waals surface area contributed by atoms with Gasteiger partial charge in [-0.2, -0.15) is 0 Å². The van der Waals surface area contributed by atoms with Gasteiger partial charge in [0.25, 0.3) is 5.91 Å². The first-order valence-electron chi connectivity index (χ1n) is 9.44. The summed E-state index contributed by atoms with van der Waals surface area (Å²) >= 11 is 0. The third-order valence-electron chi connectivity index (χ3n) is 4.88. The predicted octanol–water partition coefficient (Wildman–Crippen LogP) is 3.91. The summed E-state index contributed by atoms with van der Waals surface area (Å²) in [5.41, 5.74) is 3.71. The molecule has 1 aromatic heterocycles. The summed E-state index contributed by atoms with van der Waals surface area (Å²) < 4.78 is 5.39. The van der Waals surface area contributed by atoms with Crippen LogP contribution in [0.4, 0.5) is 5.69 Å². The van der Waals surface area contributed by atoms with Crippen molar-refractivity contribution < 1.29 is 9.32 Å². The molecule has 1 amide bonds. The van der Waals surface area contributed by atoms with Crippen molar-refractivity contribution in [1.29, 1.82) is 0 Å². The highest BCUT2D eigenvalue weighted by atomic mass is 16.5. The molecule has 1 fully saturated rings. The van der Waals surface area contributed by atoms with E-state index in [0.717, 1.165) is 30.1 Å². The SMILES string of the molecule is O=C(NCCc1cc(-c2ccccc2)on1)c1ccc(N2CCCC2)cc1. The molecular formula is C22H23N3O2. The zero-order chi connectivity index (χ0) is 18.5. The number of anilines is 1. The van der Waals surface area contributed by atoms with E-state index in [4.69, 9.17) is 4.52 Å². The van der Waals surface area contributed by atoms with E-state index in [2.05, 4.69) is 15.4 Å². The number of hydrogen-bond donors (Lipinski definition) is 1. The second-order valence-electron chi connectivity index (χ2n) is 6.80. The molecule has 4 rings (SSSR count). The Morgan fingerprint density at radius 3 is 2.52 bits per heavy atom. The molecule has 0 atom stereocenters. The fraction of sp³-hybridized carbons (Fsp3) is 0.273. The lowest BCUT2D eigenvalue weighted by molar-refractivity contribution is 0.0954. The maximum absolute atomic E-state index is 12.3. The van der Waals surface area contributed by atoms with Crippen LogP contribution in [0.1, 0.15) is 28.9 Å². The summed E-state index contributed by atoms with van der Waals surface area (Å²) in [6.07, 6.45) is 3.13. The van der Waals surface area contributed by atoms with Gasteiger partial charge in [0.1, 0.15) is 0 Å². The van der Waals surface area contributed by atoms with E-state index in [9.17, 15) is 4.79 Å². The second-order valence-corrected chi connectivity index (χ2v) is 6.80. The molecule has 0 radical (unpaired) electrons. The van der Waals surface area contributed by atoms with Gasteiger partial charge in [0, 0.05) is 48.9 Å². The minimum absolute atomic E-state index is 0.0604. The number of nitrogens with one attached hydrogen (secondary N) is 1. The van der Waals surface area contributed by atoms with E-state index in [0.29, 0.717) is 18.5 Å². The first-order chi connectivity index (χ1) is 13.3. The first kappa shape index (κ1) is 17.3. The smallest absolute Gasteiger partial charge is 0.251 e. The zero-order valence-electron chi connectivity index (χ0n) is 15.2. The Bertz CT molecular complexity index is 881. The van der Waals surface area contributed by atoms with Gasteiger partial charge >= 0.3 is 0 Å². The number of rotatable bonds is 6. The zero-order valence-corrected chi connectivity index (χ0v) is 15.2. The van der Waals surface area contributed by atoms with Crippen molar-refractivity contribution in [3.05, 3.63) is 71.9 Å². The summed E-state index contributed by atoms with van der Waals surface area (Å²) in [4.78, 5) is 14.7. The van der Waals surface area contributed by atoms with Crippen LogP contribution in [0.15, 0.2) is 65.2 Å². The summed E-state index contributed by atoms with van der Waals surface area (Å²) in [5.74, 6) is 0.684. The van der Waals surface area contributed by atoms with E-state index in [-0.39, 0.29) is 5.91 Å². The Kier molecular flexibility index (Phi) is 5.19. The molecule has 0 aliphatic carbocycles. The maximum Gasteiger partial charge on any atom is 0.251 e. The van der Waals surface area contributed by atoms with Gasteiger partial charge in [0.15, 0.2) is 5.76 Å². The third-order valence-corrected chi connectivity index (χ3v) is 4.88. The van der Waals surface area contributed by atoms with Crippen molar-refractivity contribution in [2.24, 2.45) is 0 Å². The van der Waals surface area contributed by atoms with Gasteiger partial charge in [0.2, 0.25) is 0 Å². The first-order valence-corrected chi connectivity index (χ1v) is 9.44. The molecule has 2 heterocycles. The Balaban J connectivity index is 1.29. The lowest BCUT2D eigenvalue weighted by atomic mass is 10.1. The van der Waals surface area contributed by atoms with Gasteiger partial charge in [0.05, 0.1) is 5.69 Å². The van der Waals surface area contributed by atoms with Gasteiger partial charge in [-0.05, 0) is 37.1 Å². The molecule has 27 heavy (non-hydrogen) atoms. The monoisotopic (exact) mass is 361 g/mol. The van der Waals surface area contributed by atoms with E-state index in [1.807, 2.05) is 60.7 Å². The van der Waals surface area contributed by atoms with Crippen LogP contribution in [-0.4, -0.2) is 30.7 Å². The fourth-order valence-electron chi connectivity index (χ4n) is 3.37. The van der Waals surface area contributed by atoms with Crippen LogP contribution >= 0.6 is 0 Å². The van der Waals surface area contributed by atoms with Crippen molar-refractivity contribution in [3.8, 4) is 11.3 Å². The molecule has 5 heteroatoms. The van der Waals surface area contributed by atoms with Crippen molar-refractivity contribution >= 4 is 11.6 Å². The molecule has 0 unspecified atom stereocenters. The predicted molar refractivity (Wildman–Crippen MR) is 106 cm³/mol. The quantitative estimate of drug-likeness (QED) is 0.723. The standard InChI is InChI=1S/C22H23N3O2/c26-22(18-8-10-20(11-9-18)25-14-4-5-15-25)23-13-12-19-16-21(27-24-19)17-6-2-1-3-7-17/h1-3,6-11,16H,4-5,12-15H2,(H,23,26). The molecule has 5 nitrogen and oxygen atoms in total. The van der Waals surface area contributed by atoms with E-state index < -0.39 is 0 Å². The highest BCUT2D eigenvalue weighted by Gasteiger charge is 2.13. The van der Waals surface area contributed by atoms with E-state index in [1.54, 1.807) is 0 Å². The second kappa shape index (κ2) is 8.08. The number of amides is 1. The normalized spacial score (nSPS) is 13.7. The number of carbonyl (C=O) groups is 1. The van der Waals surface area contributed by atoms with Crippen LogP contribution in [0, 0.1) is 0 Å². The largest absolute Gasteiger partial charge is 0.372 e. The lowest BCUT2D eigenvalue weighted by Gasteiger charge is -2.17. The molecule has 3 aromatic rings. The van der Waals surface area contributed by atoms with Gasteiger partial charge in [-0.3, -0.25) is 4.79 Å². The molecule has 1 aliphatic rings. The molecule has 1 saturated heterocycles. The highest BCUT2D eigenvalue weighted by molar-refractivity contribution is 5.94. The van der Waals surface area contributed by atoms with Gasteiger partial charge < -0.3 is 14.7 Å². The molecular weight excluding hydrogens is 338 g/mol. The lowest BCUT2D eigenvalue weighted by Crippen LogP contribution is -2.26. The fourth-order valence-corrected chi connectivity index (χ4v) is 3.37. The third kappa shape index (κ3) is 4.19.